The van der Waals surface area contributed by atoms with E-state index >= 15 is 0 Å². The topological polar surface area (TPSA) is 64.7 Å². The Labute approximate surface area is 80.8 Å². The van der Waals surface area contributed by atoms with Gasteiger partial charge >= 0.3 is 0 Å². The molecule has 0 spiro atoms. The SMILES string of the molecule is Nc1ncc2c(n1)-c1cccnc1C2. The number of hydrogen-bond donors (Lipinski definition) is 1. The second-order valence-corrected chi connectivity index (χ2v) is 3.28. The largest absolute Gasteiger partial charge is 0.368 e. The van der Waals surface area contributed by atoms with Gasteiger partial charge in [-0.15, -0.1) is 0 Å². The van der Waals surface area contributed by atoms with Crippen molar-refractivity contribution in [1.29, 1.82) is 0 Å². The second-order valence-electron chi connectivity index (χ2n) is 3.28. The molecule has 4 nitrogen and oxygen atoms in total. The molecule has 2 aromatic heterocycles. The summed E-state index contributed by atoms with van der Waals surface area (Å²) in [5.41, 5.74) is 9.72. The van der Waals surface area contributed by atoms with Crippen LogP contribution < -0.4 is 5.73 Å². The normalized spacial score (nSPS) is 12.3. The van der Waals surface area contributed by atoms with E-state index in [1.807, 2.05) is 12.1 Å². The molecule has 0 atom stereocenters. The van der Waals surface area contributed by atoms with Gasteiger partial charge in [-0.05, 0) is 12.1 Å². The van der Waals surface area contributed by atoms with Gasteiger partial charge in [-0.1, -0.05) is 0 Å². The summed E-state index contributed by atoms with van der Waals surface area (Å²) < 4.78 is 0. The van der Waals surface area contributed by atoms with E-state index in [2.05, 4.69) is 15.0 Å². The summed E-state index contributed by atoms with van der Waals surface area (Å²) in [6, 6.07) is 3.92. The van der Waals surface area contributed by atoms with Crippen LogP contribution in [0, 0.1) is 0 Å². The fourth-order valence-corrected chi connectivity index (χ4v) is 1.76. The van der Waals surface area contributed by atoms with E-state index in [1.54, 1.807) is 12.4 Å². The first kappa shape index (κ1) is 7.44. The molecule has 0 aliphatic heterocycles. The molecule has 0 saturated heterocycles. The van der Waals surface area contributed by atoms with Gasteiger partial charge in [0.25, 0.3) is 0 Å². The van der Waals surface area contributed by atoms with E-state index in [9.17, 15) is 0 Å². The van der Waals surface area contributed by atoms with Gasteiger partial charge in [-0.3, -0.25) is 4.98 Å². The average molecular weight is 184 g/mol. The van der Waals surface area contributed by atoms with Crippen LogP contribution in [0.5, 0.6) is 0 Å². The molecule has 2 N–H and O–H groups in total. The van der Waals surface area contributed by atoms with Crippen molar-refractivity contribution in [3.8, 4) is 11.3 Å². The molecule has 14 heavy (non-hydrogen) atoms. The summed E-state index contributed by atoms with van der Waals surface area (Å²) in [5, 5.41) is 0. The molecule has 0 unspecified atom stereocenters. The van der Waals surface area contributed by atoms with Gasteiger partial charge in [0.15, 0.2) is 0 Å². The minimum absolute atomic E-state index is 0.320. The highest BCUT2D eigenvalue weighted by Gasteiger charge is 2.20. The van der Waals surface area contributed by atoms with Crippen LogP contribution in [-0.2, 0) is 6.42 Å². The summed E-state index contributed by atoms with van der Waals surface area (Å²) in [4.78, 5) is 12.5. The number of nitrogen functional groups attached to an aromatic ring is 1. The van der Waals surface area contributed by atoms with Crippen LogP contribution in [0.2, 0.25) is 0 Å². The molecular weight excluding hydrogens is 176 g/mol. The lowest BCUT2D eigenvalue weighted by Gasteiger charge is -1.98. The van der Waals surface area contributed by atoms with E-state index in [0.29, 0.717) is 5.95 Å². The number of anilines is 1. The Kier molecular flexibility index (Phi) is 1.33. The standard InChI is InChI=1S/C10H8N4/c11-10-13-5-6-4-8-7(9(6)14-10)2-1-3-12-8/h1-3,5H,4H2,(H2,11,13,14). The predicted molar refractivity (Wildman–Crippen MR) is 52.5 cm³/mol. The number of pyridine rings is 1. The molecule has 68 valence electrons. The van der Waals surface area contributed by atoms with Crippen molar-refractivity contribution in [2.24, 2.45) is 0 Å². The number of hydrogen-bond acceptors (Lipinski definition) is 4. The van der Waals surface area contributed by atoms with Crippen molar-refractivity contribution in [3.05, 3.63) is 35.8 Å². The molecule has 0 radical (unpaired) electrons. The van der Waals surface area contributed by atoms with Gasteiger partial charge in [-0.25, -0.2) is 9.97 Å². The lowest BCUT2D eigenvalue weighted by atomic mass is 10.2. The Morgan fingerprint density at radius 3 is 3.14 bits per heavy atom. The highest BCUT2D eigenvalue weighted by Crippen LogP contribution is 2.32. The van der Waals surface area contributed by atoms with Gasteiger partial charge in [-0.2, -0.15) is 0 Å². The first-order chi connectivity index (χ1) is 6.84. The third-order valence-electron chi connectivity index (χ3n) is 2.39. The number of aromatic nitrogens is 3. The van der Waals surface area contributed by atoms with Crippen molar-refractivity contribution >= 4 is 5.95 Å². The maximum absolute atomic E-state index is 5.55. The van der Waals surface area contributed by atoms with Crippen LogP contribution in [0.15, 0.2) is 24.5 Å². The zero-order valence-electron chi connectivity index (χ0n) is 7.44. The lowest BCUT2D eigenvalue weighted by Crippen LogP contribution is -1.96. The van der Waals surface area contributed by atoms with Crippen LogP contribution in [0.1, 0.15) is 11.3 Å². The van der Waals surface area contributed by atoms with E-state index in [1.165, 1.54) is 0 Å². The summed E-state index contributed by atoms with van der Waals surface area (Å²) in [5.74, 6) is 0.320. The molecule has 0 bridgehead atoms. The second kappa shape index (κ2) is 2.51. The fraction of sp³-hybridized carbons (Fsp3) is 0.100. The third-order valence-corrected chi connectivity index (χ3v) is 2.39. The van der Waals surface area contributed by atoms with Crippen molar-refractivity contribution in [2.45, 2.75) is 6.42 Å². The quantitative estimate of drug-likeness (QED) is 0.566. The van der Waals surface area contributed by atoms with Crippen LogP contribution in [0.25, 0.3) is 11.3 Å². The lowest BCUT2D eigenvalue weighted by molar-refractivity contribution is 1.09. The van der Waals surface area contributed by atoms with Gasteiger partial charge in [0.05, 0.1) is 11.4 Å². The van der Waals surface area contributed by atoms with Gasteiger partial charge in [0.1, 0.15) is 0 Å². The van der Waals surface area contributed by atoms with Gasteiger partial charge in [0, 0.05) is 29.9 Å². The zero-order chi connectivity index (χ0) is 9.54. The van der Waals surface area contributed by atoms with Crippen LogP contribution >= 0.6 is 0 Å². The van der Waals surface area contributed by atoms with E-state index in [0.717, 1.165) is 28.9 Å². The maximum Gasteiger partial charge on any atom is 0.220 e. The number of fused-ring (bicyclic) bond motifs is 3. The van der Waals surface area contributed by atoms with E-state index < -0.39 is 0 Å². The van der Waals surface area contributed by atoms with E-state index in [4.69, 9.17) is 5.73 Å². The molecule has 1 aliphatic carbocycles. The Balaban J connectivity index is 2.30. The monoisotopic (exact) mass is 184 g/mol. The molecule has 3 rings (SSSR count). The van der Waals surface area contributed by atoms with Crippen molar-refractivity contribution in [1.82, 2.24) is 15.0 Å². The predicted octanol–water partition coefficient (Wildman–Crippen LogP) is 1.02. The highest BCUT2D eigenvalue weighted by molar-refractivity contribution is 5.71. The van der Waals surface area contributed by atoms with E-state index in [-0.39, 0.29) is 0 Å². The summed E-state index contributed by atoms with van der Waals surface area (Å²) in [6.07, 6.45) is 4.38. The molecule has 0 saturated carbocycles. The Hall–Kier alpha value is -1.97. The summed E-state index contributed by atoms with van der Waals surface area (Å²) in [7, 11) is 0. The molecular formula is C10H8N4. The highest BCUT2D eigenvalue weighted by atomic mass is 15.0. The average Bonchev–Trinajstić information content (AvgIpc) is 2.56. The number of nitrogens with zero attached hydrogens (tertiary/aromatic N) is 3. The van der Waals surface area contributed by atoms with Crippen LogP contribution in [0.4, 0.5) is 5.95 Å². The number of nitrogens with two attached hydrogens (primary N) is 1. The maximum atomic E-state index is 5.55. The van der Waals surface area contributed by atoms with Gasteiger partial charge in [0.2, 0.25) is 5.95 Å². The minimum atomic E-state index is 0.320. The molecule has 0 aromatic carbocycles. The van der Waals surface area contributed by atoms with Crippen molar-refractivity contribution in [3.63, 3.8) is 0 Å². The molecule has 2 heterocycles. The zero-order valence-corrected chi connectivity index (χ0v) is 7.44. The first-order valence-corrected chi connectivity index (χ1v) is 4.40. The van der Waals surface area contributed by atoms with Gasteiger partial charge < -0.3 is 5.73 Å². The summed E-state index contributed by atoms with van der Waals surface area (Å²) in [6.45, 7) is 0. The molecule has 4 heteroatoms. The molecule has 0 amide bonds. The Morgan fingerprint density at radius 1 is 1.29 bits per heavy atom. The Bertz CT molecular complexity index is 507. The smallest absolute Gasteiger partial charge is 0.220 e. The first-order valence-electron chi connectivity index (χ1n) is 4.40. The third kappa shape index (κ3) is 0.907. The Morgan fingerprint density at radius 2 is 2.21 bits per heavy atom. The summed E-state index contributed by atoms with van der Waals surface area (Å²) >= 11 is 0. The number of rotatable bonds is 0. The molecule has 2 aromatic rings. The van der Waals surface area contributed by atoms with Crippen molar-refractivity contribution in [2.75, 3.05) is 5.73 Å². The van der Waals surface area contributed by atoms with Crippen LogP contribution in [0.3, 0.4) is 0 Å². The van der Waals surface area contributed by atoms with Crippen LogP contribution in [-0.4, -0.2) is 15.0 Å². The van der Waals surface area contributed by atoms with Crippen molar-refractivity contribution < 1.29 is 0 Å². The molecule has 1 aliphatic rings. The fourth-order valence-electron chi connectivity index (χ4n) is 1.76. The minimum Gasteiger partial charge on any atom is -0.368 e. The molecule has 0 fully saturated rings.